The normalized spacial score (nSPS) is 12.0. The maximum atomic E-state index is 5.57. The molecule has 0 aliphatic rings. The first-order chi connectivity index (χ1) is 17.0. The van der Waals surface area contributed by atoms with Crippen molar-refractivity contribution in [3.05, 3.63) is 64.3 Å². The first kappa shape index (κ1) is 24.3. The van der Waals surface area contributed by atoms with Crippen molar-refractivity contribution < 1.29 is 18.9 Å². The highest BCUT2D eigenvalue weighted by Gasteiger charge is 2.13. The van der Waals surface area contributed by atoms with Crippen molar-refractivity contribution in [1.82, 2.24) is 4.68 Å². The van der Waals surface area contributed by atoms with Crippen molar-refractivity contribution in [3.63, 3.8) is 0 Å². The first-order valence-electron chi connectivity index (χ1n) is 11.1. The van der Waals surface area contributed by atoms with Crippen molar-refractivity contribution in [2.24, 2.45) is 10.1 Å². The van der Waals surface area contributed by atoms with Gasteiger partial charge in [-0.15, -0.1) is 11.3 Å². The van der Waals surface area contributed by atoms with Crippen molar-refractivity contribution in [1.29, 1.82) is 0 Å². The minimum atomic E-state index is 0.127. The van der Waals surface area contributed by atoms with E-state index in [4.69, 9.17) is 29.0 Å². The van der Waals surface area contributed by atoms with Crippen LogP contribution in [0.3, 0.4) is 0 Å². The summed E-state index contributed by atoms with van der Waals surface area (Å²) in [6.45, 7) is 4.10. The fourth-order valence-electron chi connectivity index (χ4n) is 3.70. The average molecular weight is 492 g/mol. The Hall–Kier alpha value is -3.78. The van der Waals surface area contributed by atoms with Gasteiger partial charge in [0.05, 0.1) is 40.3 Å². The lowest BCUT2D eigenvalue weighted by Gasteiger charge is -2.12. The van der Waals surface area contributed by atoms with Crippen LogP contribution in [0.25, 0.3) is 22.0 Å². The van der Waals surface area contributed by atoms with Crippen LogP contribution in [0.4, 0.5) is 0 Å². The van der Waals surface area contributed by atoms with Crippen LogP contribution >= 0.6 is 11.3 Å². The lowest BCUT2D eigenvalue weighted by atomic mass is 10.1. The molecule has 0 aliphatic heterocycles. The van der Waals surface area contributed by atoms with Crippen molar-refractivity contribution in [3.8, 4) is 34.3 Å². The summed E-state index contributed by atoms with van der Waals surface area (Å²) >= 11 is 1.56. The van der Waals surface area contributed by atoms with E-state index in [1.807, 2.05) is 36.7 Å². The number of hydrogen-bond acceptors (Lipinski definition) is 7. The third-order valence-corrected chi connectivity index (χ3v) is 6.28. The summed E-state index contributed by atoms with van der Waals surface area (Å²) in [5, 5.41) is 9.13. The van der Waals surface area contributed by atoms with Gasteiger partial charge in [0.1, 0.15) is 11.5 Å². The van der Waals surface area contributed by atoms with Gasteiger partial charge in [-0.1, -0.05) is 18.2 Å². The highest BCUT2D eigenvalue weighted by molar-refractivity contribution is 7.07. The predicted octanol–water partition coefficient (Wildman–Crippen LogP) is 5.60. The number of benzene rings is 3. The van der Waals surface area contributed by atoms with Gasteiger partial charge in [-0.3, -0.25) is 4.99 Å². The zero-order valence-electron chi connectivity index (χ0n) is 20.7. The van der Waals surface area contributed by atoms with Gasteiger partial charge >= 0.3 is 0 Å². The second-order valence-electron chi connectivity index (χ2n) is 8.06. The van der Waals surface area contributed by atoms with E-state index in [1.54, 1.807) is 52.1 Å². The molecule has 0 radical (unpaired) electrons. The van der Waals surface area contributed by atoms with E-state index in [9.17, 15) is 0 Å². The van der Waals surface area contributed by atoms with Crippen LogP contribution in [-0.2, 0) is 0 Å². The molecule has 0 aliphatic carbocycles. The van der Waals surface area contributed by atoms with Crippen LogP contribution < -0.4 is 23.7 Å². The molecule has 0 saturated heterocycles. The topological polar surface area (TPSA) is 66.6 Å². The summed E-state index contributed by atoms with van der Waals surface area (Å²) in [6, 6.07) is 16.2. The highest BCUT2D eigenvalue weighted by atomic mass is 32.1. The maximum absolute atomic E-state index is 5.57. The molecule has 4 rings (SSSR count). The molecule has 35 heavy (non-hydrogen) atoms. The molecule has 3 aromatic carbocycles. The zero-order chi connectivity index (χ0) is 24.9. The van der Waals surface area contributed by atoms with E-state index < -0.39 is 0 Å². The molecule has 0 unspecified atom stereocenters. The molecule has 0 saturated carbocycles. The summed E-state index contributed by atoms with van der Waals surface area (Å²) < 4.78 is 23.7. The Morgan fingerprint density at radius 1 is 0.800 bits per heavy atom. The minimum absolute atomic E-state index is 0.127. The molecule has 0 atom stereocenters. The molecule has 7 nitrogen and oxygen atoms in total. The predicted molar refractivity (Wildman–Crippen MR) is 142 cm³/mol. The molecular formula is C27H29N3O4S. The van der Waals surface area contributed by atoms with Gasteiger partial charge in [0.25, 0.3) is 0 Å². The number of thiazole rings is 1. The van der Waals surface area contributed by atoms with Gasteiger partial charge in [-0.25, -0.2) is 4.68 Å². The molecule has 0 fully saturated rings. The Morgan fingerprint density at radius 2 is 1.49 bits per heavy atom. The standard InChI is InChI=1S/C27H29N3O4S/c1-17(2)29-27-30(28-15-21-13-25(33-5)26(34-6)14-24(21)32-4)23(16-35-27)20-8-7-19-12-22(31-3)10-9-18(19)11-20/h7-17H,1-6H3. The Balaban J connectivity index is 1.83. The van der Waals surface area contributed by atoms with Crippen LogP contribution in [-0.4, -0.2) is 45.4 Å². The van der Waals surface area contributed by atoms with Crippen molar-refractivity contribution in [2.75, 3.05) is 28.4 Å². The number of hydrogen-bond donors (Lipinski definition) is 0. The van der Waals surface area contributed by atoms with E-state index in [-0.39, 0.29) is 6.04 Å². The fraction of sp³-hybridized carbons (Fsp3) is 0.259. The van der Waals surface area contributed by atoms with Crippen LogP contribution in [0, 0.1) is 0 Å². The second kappa shape index (κ2) is 10.7. The number of ether oxygens (including phenoxy) is 4. The second-order valence-corrected chi connectivity index (χ2v) is 8.90. The van der Waals surface area contributed by atoms with Gasteiger partial charge in [0.2, 0.25) is 4.80 Å². The molecule has 0 spiro atoms. The largest absolute Gasteiger partial charge is 0.497 e. The van der Waals surface area contributed by atoms with Gasteiger partial charge in [-0.05, 0) is 48.9 Å². The molecule has 1 heterocycles. The van der Waals surface area contributed by atoms with Crippen LogP contribution in [0.2, 0.25) is 0 Å². The quantitative estimate of drug-likeness (QED) is 0.301. The van der Waals surface area contributed by atoms with Crippen molar-refractivity contribution >= 4 is 28.3 Å². The molecule has 8 heteroatoms. The number of nitrogens with zero attached hydrogens (tertiary/aromatic N) is 3. The Kier molecular flexibility index (Phi) is 7.41. The summed E-state index contributed by atoms with van der Waals surface area (Å²) in [5.74, 6) is 2.66. The van der Waals surface area contributed by atoms with Gasteiger partial charge < -0.3 is 18.9 Å². The lowest BCUT2D eigenvalue weighted by Crippen LogP contribution is -2.14. The Labute approximate surface area is 208 Å². The molecule has 0 amide bonds. The van der Waals surface area contributed by atoms with Gasteiger partial charge in [-0.2, -0.15) is 5.10 Å². The Bertz CT molecular complexity index is 1440. The summed E-state index contributed by atoms with van der Waals surface area (Å²) in [6.07, 6.45) is 1.75. The summed E-state index contributed by atoms with van der Waals surface area (Å²) in [7, 11) is 6.49. The number of aromatic nitrogens is 1. The lowest BCUT2D eigenvalue weighted by molar-refractivity contribution is 0.349. The molecule has 0 N–H and O–H groups in total. The number of rotatable bonds is 8. The monoisotopic (exact) mass is 491 g/mol. The third kappa shape index (κ3) is 5.17. The van der Waals surface area contributed by atoms with E-state index in [1.165, 1.54) is 0 Å². The molecule has 1 aromatic heterocycles. The molecule has 0 bridgehead atoms. The van der Waals surface area contributed by atoms with Gasteiger partial charge in [0.15, 0.2) is 11.5 Å². The Morgan fingerprint density at radius 3 is 2.17 bits per heavy atom. The molecular weight excluding hydrogens is 462 g/mol. The van der Waals surface area contributed by atoms with E-state index in [2.05, 4.69) is 29.6 Å². The number of fused-ring (bicyclic) bond motifs is 1. The fourth-order valence-corrected chi connectivity index (χ4v) is 4.67. The van der Waals surface area contributed by atoms with E-state index in [0.717, 1.165) is 38.1 Å². The smallest absolute Gasteiger partial charge is 0.206 e. The van der Waals surface area contributed by atoms with Crippen molar-refractivity contribution in [2.45, 2.75) is 19.9 Å². The first-order valence-corrected chi connectivity index (χ1v) is 12.0. The third-order valence-electron chi connectivity index (χ3n) is 5.45. The molecule has 182 valence electrons. The van der Waals surface area contributed by atoms with E-state index in [0.29, 0.717) is 17.2 Å². The minimum Gasteiger partial charge on any atom is -0.497 e. The van der Waals surface area contributed by atoms with Crippen LogP contribution in [0.5, 0.6) is 23.0 Å². The average Bonchev–Trinajstić information content (AvgIpc) is 3.27. The summed E-state index contributed by atoms with van der Waals surface area (Å²) in [4.78, 5) is 5.59. The zero-order valence-corrected chi connectivity index (χ0v) is 21.6. The molecule has 4 aromatic rings. The van der Waals surface area contributed by atoms with E-state index >= 15 is 0 Å². The maximum Gasteiger partial charge on any atom is 0.206 e. The van der Waals surface area contributed by atoms with Gasteiger partial charge in [0, 0.05) is 28.6 Å². The van der Waals surface area contributed by atoms with Crippen LogP contribution in [0.1, 0.15) is 19.4 Å². The number of methoxy groups -OCH3 is 4. The highest BCUT2D eigenvalue weighted by Crippen LogP contribution is 2.34. The SMILES string of the molecule is COc1ccc2cc(-c3csc(=NC(C)C)n3N=Cc3cc(OC)c(OC)cc3OC)ccc2c1. The summed E-state index contributed by atoms with van der Waals surface area (Å²) in [5.41, 5.74) is 2.75. The van der Waals surface area contributed by atoms with Crippen LogP contribution in [0.15, 0.2) is 64.0 Å².